The van der Waals surface area contributed by atoms with Gasteiger partial charge in [0.2, 0.25) is 0 Å². The minimum Gasteiger partial charge on any atom is -0.384 e. The summed E-state index contributed by atoms with van der Waals surface area (Å²) >= 11 is 18.4. The zero-order valence-electron chi connectivity index (χ0n) is 12.4. The van der Waals surface area contributed by atoms with Crippen LogP contribution in [0.2, 0.25) is 15.1 Å². The van der Waals surface area contributed by atoms with Crippen LogP contribution >= 0.6 is 34.8 Å². The lowest BCUT2D eigenvalue weighted by Gasteiger charge is -2.16. The van der Waals surface area contributed by atoms with Crippen molar-refractivity contribution in [1.29, 1.82) is 0 Å². The highest BCUT2D eigenvalue weighted by atomic mass is 35.5. The van der Waals surface area contributed by atoms with Crippen LogP contribution in [0.4, 0.5) is 0 Å². The molecule has 0 aliphatic carbocycles. The Morgan fingerprint density at radius 3 is 2.20 bits per heavy atom. The van der Waals surface area contributed by atoms with Crippen LogP contribution in [0.15, 0.2) is 52.2 Å². The average molecular weight is 399 g/mol. The van der Waals surface area contributed by atoms with E-state index in [1.165, 1.54) is 12.1 Å². The van der Waals surface area contributed by atoms with Crippen LogP contribution in [0.1, 0.15) is 17.2 Å². The first-order chi connectivity index (χ1) is 11.9. The molecule has 1 unspecified atom stereocenters. The van der Waals surface area contributed by atoms with Gasteiger partial charge < -0.3 is 5.11 Å². The highest BCUT2D eigenvalue weighted by molar-refractivity contribution is 6.36. The van der Waals surface area contributed by atoms with Gasteiger partial charge in [-0.15, -0.1) is 0 Å². The number of H-pyrrole nitrogens is 1. The van der Waals surface area contributed by atoms with Gasteiger partial charge in [-0.05, 0) is 29.8 Å². The van der Waals surface area contributed by atoms with Gasteiger partial charge >= 0.3 is 5.69 Å². The van der Waals surface area contributed by atoms with Crippen LogP contribution in [0.3, 0.4) is 0 Å². The van der Waals surface area contributed by atoms with Crippen molar-refractivity contribution in [3.63, 3.8) is 0 Å². The molecule has 0 aliphatic rings. The summed E-state index contributed by atoms with van der Waals surface area (Å²) < 4.78 is 0.942. The molecule has 0 radical (unpaired) electrons. The Morgan fingerprint density at radius 2 is 1.64 bits per heavy atom. The summed E-state index contributed by atoms with van der Waals surface area (Å²) in [7, 11) is 0. The first kappa shape index (κ1) is 17.7. The molecule has 0 saturated carbocycles. The zero-order chi connectivity index (χ0) is 18.1. The highest BCUT2D eigenvalue weighted by Crippen LogP contribution is 2.36. The second kappa shape index (κ2) is 7.01. The molecule has 2 N–H and O–H groups in total. The van der Waals surface area contributed by atoms with E-state index < -0.39 is 17.4 Å². The van der Waals surface area contributed by atoms with E-state index in [-0.39, 0.29) is 21.3 Å². The summed E-state index contributed by atoms with van der Waals surface area (Å²) in [6, 6.07) is 9.44. The Bertz CT molecular complexity index is 1020. The summed E-state index contributed by atoms with van der Waals surface area (Å²) in [6.45, 7) is 0. The molecular weight excluding hydrogens is 389 g/mol. The van der Waals surface area contributed by atoms with Gasteiger partial charge in [-0.1, -0.05) is 46.9 Å². The number of nitrogens with zero attached hydrogens (tertiary/aromatic N) is 2. The fraction of sp³-hybridized carbons (Fsp3) is 0.0625. The van der Waals surface area contributed by atoms with E-state index in [0.717, 1.165) is 10.9 Å². The molecule has 25 heavy (non-hydrogen) atoms. The van der Waals surface area contributed by atoms with E-state index >= 15 is 0 Å². The lowest BCUT2D eigenvalue weighted by Crippen LogP contribution is -2.30. The number of rotatable bonds is 3. The molecule has 0 spiro atoms. The minimum absolute atomic E-state index is 0.143. The molecule has 0 aliphatic heterocycles. The lowest BCUT2D eigenvalue weighted by atomic mass is 10.0. The molecule has 128 valence electrons. The van der Waals surface area contributed by atoms with Crippen molar-refractivity contribution >= 4 is 34.8 Å². The Morgan fingerprint density at radius 1 is 1.04 bits per heavy atom. The van der Waals surface area contributed by atoms with Crippen LogP contribution in [0.25, 0.3) is 5.69 Å². The first-order valence-corrected chi connectivity index (χ1v) is 8.11. The number of halogens is 3. The summed E-state index contributed by atoms with van der Waals surface area (Å²) in [5.74, 6) is 0. The SMILES string of the molecule is O=c1cnn(-c2cc(Cl)c(C(O)c3ccc(Cl)cc3)c(Cl)c2)c(=O)[nH]1. The molecule has 6 nitrogen and oxygen atoms in total. The van der Waals surface area contributed by atoms with Crippen molar-refractivity contribution in [1.82, 2.24) is 14.8 Å². The first-order valence-electron chi connectivity index (χ1n) is 6.98. The van der Waals surface area contributed by atoms with Gasteiger partial charge in [-0.25, -0.2) is 4.79 Å². The van der Waals surface area contributed by atoms with E-state index in [0.29, 0.717) is 10.6 Å². The monoisotopic (exact) mass is 397 g/mol. The van der Waals surface area contributed by atoms with Crippen molar-refractivity contribution in [2.45, 2.75) is 6.10 Å². The van der Waals surface area contributed by atoms with E-state index in [4.69, 9.17) is 34.8 Å². The Kier molecular flexibility index (Phi) is 4.96. The predicted molar refractivity (Wildman–Crippen MR) is 96.0 cm³/mol. The number of aliphatic hydroxyl groups is 1. The van der Waals surface area contributed by atoms with Crippen LogP contribution in [-0.2, 0) is 0 Å². The second-order valence-corrected chi connectivity index (χ2v) is 6.38. The van der Waals surface area contributed by atoms with Crippen molar-refractivity contribution in [2.24, 2.45) is 0 Å². The average Bonchev–Trinajstić information content (AvgIpc) is 2.54. The van der Waals surface area contributed by atoms with Crippen LogP contribution in [0.5, 0.6) is 0 Å². The normalized spacial score (nSPS) is 12.2. The molecule has 1 atom stereocenters. The molecule has 1 aromatic heterocycles. The number of aliphatic hydroxyl groups excluding tert-OH is 1. The minimum atomic E-state index is -1.08. The largest absolute Gasteiger partial charge is 0.384 e. The maximum absolute atomic E-state index is 11.8. The molecule has 2 aromatic carbocycles. The smallest absolute Gasteiger partial charge is 0.349 e. The molecule has 0 amide bonds. The zero-order valence-corrected chi connectivity index (χ0v) is 14.7. The van der Waals surface area contributed by atoms with Crippen molar-refractivity contribution < 1.29 is 5.11 Å². The number of nitrogens with one attached hydrogen (secondary N) is 1. The van der Waals surface area contributed by atoms with Crippen LogP contribution < -0.4 is 11.2 Å². The van der Waals surface area contributed by atoms with Crippen molar-refractivity contribution in [3.8, 4) is 5.69 Å². The Labute approximate surface area is 156 Å². The van der Waals surface area contributed by atoms with Crippen molar-refractivity contribution in [3.05, 3.63) is 89.6 Å². The number of hydrogen-bond acceptors (Lipinski definition) is 4. The topological polar surface area (TPSA) is 88.0 Å². The van der Waals surface area contributed by atoms with E-state index in [2.05, 4.69) is 10.1 Å². The molecule has 9 heteroatoms. The van der Waals surface area contributed by atoms with Gasteiger partial charge in [0.15, 0.2) is 0 Å². The van der Waals surface area contributed by atoms with E-state index in [1.807, 2.05) is 0 Å². The fourth-order valence-electron chi connectivity index (χ4n) is 2.30. The molecule has 3 aromatic rings. The van der Waals surface area contributed by atoms with Crippen LogP contribution in [0, 0.1) is 0 Å². The lowest BCUT2D eigenvalue weighted by molar-refractivity contribution is 0.220. The molecule has 3 rings (SSSR count). The summed E-state index contributed by atoms with van der Waals surface area (Å²) in [6.07, 6.45) is -0.119. The molecule has 0 bridgehead atoms. The Hall–Kier alpha value is -2.12. The summed E-state index contributed by atoms with van der Waals surface area (Å²) in [4.78, 5) is 25.0. The van der Waals surface area contributed by atoms with Gasteiger partial charge in [0.25, 0.3) is 5.56 Å². The summed E-state index contributed by atoms with van der Waals surface area (Å²) in [5, 5.41) is 15.1. The highest BCUT2D eigenvalue weighted by Gasteiger charge is 2.19. The van der Waals surface area contributed by atoms with Crippen LogP contribution in [-0.4, -0.2) is 19.9 Å². The fourth-order valence-corrected chi connectivity index (χ4v) is 3.11. The molecule has 1 heterocycles. The van der Waals surface area contributed by atoms with Gasteiger partial charge in [-0.2, -0.15) is 9.78 Å². The van der Waals surface area contributed by atoms with Gasteiger partial charge in [0.1, 0.15) is 12.3 Å². The van der Waals surface area contributed by atoms with Gasteiger partial charge in [0, 0.05) is 10.6 Å². The van der Waals surface area contributed by atoms with Gasteiger partial charge in [-0.3, -0.25) is 9.78 Å². The third-order valence-electron chi connectivity index (χ3n) is 3.48. The second-order valence-electron chi connectivity index (χ2n) is 5.13. The summed E-state index contributed by atoms with van der Waals surface area (Å²) in [5.41, 5.74) is -0.255. The van der Waals surface area contributed by atoms with Gasteiger partial charge in [0.05, 0.1) is 15.7 Å². The Balaban J connectivity index is 2.07. The standard InChI is InChI=1S/C16H10Cl3N3O3/c17-9-3-1-8(2-4-9)15(24)14-11(18)5-10(6-12(14)19)22-16(25)21-13(23)7-20-22/h1-7,15,24H,(H,21,23,25). The van der Waals surface area contributed by atoms with Crippen molar-refractivity contribution in [2.75, 3.05) is 0 Å². The molecule has 0 saturated heterocycles. The quantitative estimate of drug-likeness (QED) is 0.710. The maximum Gasteiger partial charge on any atom is 0.349 e. The number of benzene rings is 2. The predicted octanol–water partition coefficient (Wildman–Crippen LogP) is 2.96. The third kappa shape index (κ3) is 3.62. The third-order valence-corrected chi connectivity index (χ3v) is 4.36. The maximum atomic E-state index is 11.8. The number of hydrogen-bond donors (Lipinski definition) is 2. The molecular formula is C16H10Cl3N3O3. The molecule has 0 fully saturated rings. The van der Waals surface area contributed by atoms with E-state index in [9.17, 15) is 14.7 Å². The number of aromatic amines is 1. The van der Waals surface area contributed by atoms with E-state index in [1.54, 1.807) is 24.3 Å². The number of aromatic nitrogens is 3.